The predicted octanol–water partition coefficient (Wildman–Crippen LogP) is 3.73. The number of aliphatic imine (C=N–C) groups is 1. The van der Waals surface area contributed by atoms with E-state index in [0.717, 1.165) is 30.0 Å². The Morgan fingerprint density at radius 2 is 2.32 bits per heavy atom. The zero-order chi connectivity index (χ0) is 13.2. The summed E-state index contributed by atoms with van der Waals surface area (Å²) in [7, 11) is 1.58. The second kappa shape index (κ2) is 4.93. The summed E-state index contributed by atoms with van der Waals surface area (Å²) >= 11 is 5.98. The zero-order valence-corrected chi connectivity index (χ0v) is 11.1. The van der Waals surface area contributed by atoms with Crippen LogP contribution in [0.2, 0.25) is 5.02 Å². The van der Waals surface area contributed by atoms with Crippen molar-refractivity contribution in [1.29, 1.82) is 0 Å². The maximum absolute atomic E-state index is 5.98. The van der Waals surface area contributed by atoms with Gasteiger partial charge in [0.2, 0.25) is 0 Å². The number of aryl methyl sites for hydroxylation is 1. The normalized spacial score (nSPS) is 13.2. The van der Waals surface area contributed by atoms with Gasteiger partial charge in [-0.15, -0.1) is 0 Å². The quantitative estimate of drug-likeness (QED) is 0.929. The first-order valence-electron chi connectivity index (χ1n) is 5.89. The fraction of sp³-hybridized carbons (Fsp3) is 0.231. The second-order valence-electron chi connectivity index (χ2n) is 4.13. The molecule has 5 nitrogen and oxygen atoms in total. The molecule has 0 unspecified atom stereocenters. The van der Waals surface area contributed by atoms with Gasteiger partial charge in [-0.25, -0.2) is 0 Å². The third kappa shape index (κ3) is 2.29. The lowest BCUT2D eigenvalue weighted by Crippen LogP contribution is -1.94. The molecule has 0 spiro atoms. The molecular weight excluding hydrogens is 266 g/mol. The van der Waals surface area contributed by atoms with Crippen molar-refractivity contribution in [2.45, 2.75) is 12.8 Å². The number of hydrogen-bond acceptors (Lipinski definition) is 5. The molecule has 0 radical (unpaired) electrons. The summed E-state index contributed by atoms with van der Waals surface area (Å²) in [6.07, 6.45) is 3.58. The van der Waals surface area contributed by atoms with E-state index < -0.39 is 0 Å². The number of nitrogens with one attached hydrogen (secondary N) is 1. The molecule has 0 atom stereocenters. The van der Waals surface area contributed by atoms with E-state index in [9.17, 15) is 0 Å². The first kappa shape index (κ1) is 12.0. The highest BCUT2D eigenvalue weighted by atomic mass is 35.5. The largest absolute Gasteiger partial charge is 0.495 e. The summed E-state index contributed by atoms with van der Waals surface area (Å²) in [4.78, 5) is 4.31. The van der Waals surface area contributed by atoms with E-state index in [1.165, 1.54) is 0 Å². The van der Waals surface area contributed by atoms with E-state index in [4.69, 9.17) is 20.9 Å². The minimum Gasteiger partial charge on any atom is -0.495 e. The van der Waals surface area contributed by atoms with Crippen LogP contribution in [-0.2, 0) is 6.42 Å². The molecule has 0 fully saturated rings. The maximum Gasteiger partial charge on any atom is 0.200 e. The highest BCUT2D eigenvalue weighted by Gasteiger charge is 2.17. The smallest absolute Gasteiger partial charge is 0.200 e. The minimum atomic E-state index is 0.563. The summed E-state index contributed by atoms with van der Waals surface area (Å²) in [5.74, 6) is 2.02. The number of fused-ring (bicyclic) bond motifs is 1. The van der Waals surface area contributed by atoms with Gasteiger partial charge in [0.1, 0.15) is 11.4 Å². The van der Waals surface area contributed by atoms with Gasteiger partial charge in [0.25, 0.3) is 0 Å². The Bertz CT molecular complexity index is 637. The van der Waals surface area contributed by atoms with Gasteiger partial charge in [-0.05, 0) is 18.6 Å². The number of aromatic nitrogens is 1. The minimum absolute atomic E-state index is 0.563. The summed E-state index contributed by atoms with van der Waals surface area (Å²) in [5.41, 5.74) is 1.58. The number of hydrogen-bond donors (Lipinski definition) is 1. The SMILES string of the molecule is COc1cc(Nc2noc3c2N=CCC3)ccc1Cl. The van der Waals surface area contributed by atoms with Crippen molar-refractivity contribution in [3.63, 3.8) is 0 Å². The van der Waals surface area contributed by atoms with Gasteiger partial charge in [0, 0.05) is 24.4 Å². The van der Waals surface area contributed by atoms with E-state index >= 15 is 0 Å². The molecule has 0 amide bonds. The molecule has 19 heavy (non-hydrogen) atoms. The Morgan fingerprint density at radius 1 is 1.42 bits per heavy atom. The summed E-state index contributed by atoms with van der Waals surface area (Å²) < 4.78 is 10.4. The van der Waals surface area contributed by atoms with Crippen molar-refractivity contribution >= 4 is 35.0 Å². The van der Waals surface area contributed by atoms with Gasteiger partial charge in [-0.3, -0.25) is 4.99 Å². The van der Waals surface area contributed by atoms with Crippen LogP contribution in [-0.4, -0.2) is 18.5 Å². The van der Waals surface area contributed by atoms with Crippen LogP contribution in [0.15, 0.2) is 27.7 Å². The van der Waals surface area contributed by atoms with Crippen LogP contribution in [0.4, 0.5) is 17.2 Å². The summed E-state index contributed by atoms with van der Waals surface area (Å²) in [6, 6.07) is 5.41. The van der Waals surface area contributed by atoms with E-state index in [1.54, 1.807) is 19.2 Å². The molecule has 1 aliphatic rings. The van der Waals surface area contributed by atoms with Crippen molar-refractivity contribution in [1.82, 2.24) is 5.16 Å². The Hall–Kier alpha value is -2.01. The molecule has 1 aliphatic heterocycles. The zero-order valence-electron chi connectivity index (χ0n) is 10.3. The number of halogens is 1. The lowest BCUT2D eigenvalue weighted by molar-refractivity contribution is 0.387. The van der Waals surface area contributed by atoms with Crippen molar-refractivity contribution in [2.24, 2.45) is 4.99 Å². The van der Waals surface area contributed by atoms with Crippen molar-refractivity contribution in [3.05, 3.63) is 29.0 Å². The lowest BCUT2D eigenvalue weighted by Gasteiger charge is -2.08. The first-order valence-corrected chi connectivity index (χ1v) is 6.27. The molecule has 0 aliphatic carbocycles. The van der Waals surface area contributed by atoms with E-state index in [0.29, 0.717) is 16.6 Å². The van der Waals surface area contributed by atoms with Crippen molar-refractivity contribution in [3.8, 4) is 5.75 Å². The second-order valence-corrected chi connectivity index (χ2v) is 4.53. The standard InChI is InChI=1S/C13H12ClN3O2/c1-18-11-7-8(4-5-9(11)14)16-13-12-10(19-17-13)3-2-6-15-12/h4-7H,2-3H2,1H3,(H,16,17). The Morgan fingerprint density at radius 3 is 3.16 bits per heavy atom. The number of ether oxygens (including phenoxy) is 1. The molecule has 1 N–H and O–H groups in total. The number of nitrogens with zero attached hydrogens (tertiary/aromatic N) is 2. The van der Waals surface area contributed by atoms with Crippen LogP contribution >= 0.6 is 11.6 Å². The number of methoxy groups -OCH3 is 1. The maximum atomic E-state index is 5.98. The summed E-state index contributed by atoms with van der Waals surface area (Å²) in [6.45, 7) is 0. The molecule has 3 rings (SSSR count). The fourth-order valence-electron chi connectivity index (χ4n) is 1.92. The average Bonchev–Trinajstić information content (AvgIpc) is 2.84. The molecule has 0 saturated carbocycles. The highest BCUT2D eigenvalue weighted by molar-refractivity contribution is 6.32. The molecule has 98 valence electrons. The number of anilines is 2. The van der Waals surface area contributed by atoms with E-state index in [2.05, 4.69) is 15.5 Å². The fourth-order valence-corrected chi connectivity index (χ4v) is 2.12. The molecule has 2 aromatic rings. The predicted molar refractivity (Wildman–Crippen MR) is 74.3 cm³/mol. The van der Waals surface area contributed by atoms with Crippen molar-refractivity contribution in [2.75, 3.05) is 12.4 Å². The Kier molecular flexibility index (Phi) is 3.13. The topological polar surface area (TPSA) is 59.6 Å². The van der Waals surface area contributed by atoms with Crippen LogP contribution in [0.25, 0.3) is 0 Å². The number of rotatable bonds is 3. The van der Waals surface area contributed by atoms with Crippen LogP contribution in [0.3, 0.4) is 0 Å². The van der Waals surface area contributed by atoms with Crippen LogP contribution in [0.5, 0.6) is 5.75 Å². The van der Waals surface area contributed by atoms with Crippen LogP contribution in [0, 0.1) is 0 Å². The van der Waals surface area contributed by atoms with E-state index in [1.807, 2.05) is 12.3 Å². The van der Waals surface area contributed by atoms with Gasteiger partial charge in [-0.2, -0.15) is 0 Å². The third-order valence-corrected chi connectivity index (χ3v) is 3.18. The molecule has 1 aromatic carbocycles. The third-order valence-electron chi connectivity index (χ3n) is 2.87. The molecule has 0 bridgehead atoms. The van der Waals surface area contributed by atoms with Gasteiger partial charge in [-0.1, -0.05) is 16.8 Å². The number of benzene rings is 1. The Labute approximate surface area is 115 Å². The Balaban J connectivity index is 1.90. The van der Waals surface area contributed by atoms with Gasteiger partial charge < -0.3 is 14.6 Å². The van der Waals surface area contributed by atoms with Gasteiger partial charge >= 0.3 is 0 Å². The summed E-state index contributed by atoms with van der Waals surface area (Å²) in [5, 5.41) is 7.72. The lowest BCUT2D eigenvalue weighted by atomic mass is 10.2. The van der Waals surface area contributed by atoms with Gasteiger partial charge in [0.05, 0.1) is 12.1 Å². The first-order chi connectivity index (χ1) is 9.28. The molecule has 1 aromatic heterocycles. The highest BCUT2D eigenvalue weighted by Crippen LogP contribution is 2.35. The molecule has 6 heteroatoms. The molecular formula is C13H12ClN3O2. The monoisotopic (exact) mass is 277 g/mol. The average molecular weight is 278 g/mol. The van der Waals surface area contributed by atoms with Crippen molar-refractivity contribution < 1.29 is 9.26 Å². The molecule has 2 heterocycles. The van der Waals surface area contributed by atoms with E-state index in [-0.39, 0.29) is 0 Å². The van der Waals surface area contributed by atoms with Crippen LogP contribution < -0.4 is 10.1 Å². The van der Waals surface area contributed by atoms with Gasteiger partial charge in [0.15, 0.2) is 11.6 Å². The molecule has 0 saturated heterocycles. The van der Waals surface area contributed by atoms with Crippen LogP contribution in [0.1, 0.15) is 12.2 Å².